The zero-order valence-corrected chi connectivity index (χ0v) is 9.09. The van der Waals surface area contributed by atoms with Gasteiger partial charge in [-0.05, 0) is 25.5 Å². The normalized spacial score (nSPS) is 16.2. The van der Waals surface area contributed by atoms with Crippen LogP contribution in [-0.2, 0) is 0 Å². The van der Waals surface area contributed by atoms with Gasteiger partial charge in [-0.1, -0.05) is 26.5 Å². The van der Waals surface area contributed by atoms with Gasteiger partial charge in [0.15, 0.2) is 0 Å². The van der Waals surface area contributed by atoms with Crippen molar-refractivity contribution < 1.29 is 0 Å². The molecule has 1 aliphatic heterocycles. The number of hydrazine groups is 1. The smallest absolute Gasteiger partial charge is 0.0570 e. The minimum Gasteiger partial charge on any atom is -0.285 e. The van der Waals surface area contributed by atoms with Gasteiger partial charge in [0.2, 0.25) is 0 Å². The average Bonchev–Trinajstić information content (AvgIpc) is 2.52. The number of nitrogens with one attached hydrogen (secondary N) is 1. The Morgan fingerprint density at radius 3 is 2.54 bits per heavy atom. The maximum absolute atomic E-state index is 3.70. The van der Waals surface area contributed by atoms with Crippen LogP contribution in [0.15, 0.2) is 36.2 Å². The molecule has 0 atom stereocenters. The van der Waals surface area contributed by atoms with Gasteiger partial charge in [-0.25, -0.2) is 5.43 Å². The largest absolute Gasteiger partial charge is 0.285 e. The van der Waals surface area contributed by atoms with Crippen molar-refractivity contribution >= 4 is 0 Å². The third-order valence-electron chi connectivity index (χ3n) is 1.72. The predicted octanol–water partition coefficient (Wildman–Crippen LogP) is 2.83. The first-order chi connectivity index (χ1) is 6.29. The molecule has 0 radical (unpaired) electrons. The Hall–Kier alpha value is -1.02. The van der Waals surface area contributed by atoms with Crippen LogP contribution in [0.5, 0.6) is 0 Å². The summed E-state index contributed by atoms with van der Waals surface area (Å²) in [5.41, 5.74) is 5.74. The topological polar surface area (TPSA) is 15.3 Å². The summed E-state index contributed by atoms with van der Waals surface area (Å²) in [6, 6.07) is 0. The van der Waals surface area contributed by atoms with E-state index in [0.717, 1.165) is 6.54 Å². The van der Waals surface area contributed by atoms with Gasteiger partial charge in [0.1, 0.15) is 0 Å². The van der Waals surface area contributed by atoms with Gasteiger partial charge in [-0.15, -0.1) is 0 Å². The Morgan fingerprint density at radius 2 is 2.08 bits per heavy atom. The SMILES string of the molecule is C=CN1NCC(C)=C1/C=C\C.CC. The van der Waals surface area contributed by atoms with Gasteiger partial charge in [-0.3, -0.25) is 5.01 Å². The lowest BCUT2D eigenvalue weighted by Gasteiger charge is -2.13. The maximum Gasteiger partial charge on any atom is 0.0570 e. The highest BCUT2D eigenvalue weighted by atomic mass is 15.5. The molecule has 1 N–H and O–H groups in total. The first kappa shape index (κ1) is 12.0. The molecular formula is C11H20N2. The standard InChI is InChI=1S/C9H14N2.C2H6/c1-4-6-9-8(3)7-10-11(9)5-2;1-2/h4-6,10H,2,7H2,1,3H3;1-2H3/b6-4-;. The molecule has 0 aliphatic carbocycles. The van der Waals surface area contributed by atoms with Gasteiger partial charge in [0.05, 0.1) is 5.70 Å². The minimum atomic E-state index is 0.922. The number of hydrogen-bond acceptors (Lipinski definition) is 2. The molecule has 0 fully saturated rings. The monoisotopic (exact) mass is 180 g/mol. The van der Waals surface area contributed by atoms with Gasteiger partial charge in [-0.2, -0.15) is 0 Å². The summed E-state index contributed by atoms with van der Waals surface area (Å²) in [6.45, 7) is 12.8. The van der Waals surface area contributed by atoms with Crippen molar-refractivity contribution in [1.29, 1.82) is 0 Å². The molecule has 1 aliphatic rings. The van der Waals surface area contributed by atoms with E-state index in [9.17, 15) is 0 Å². The van der Waals surface area contributed by atoms with E-state index in [0.29, 0.717) is 0 Å². The summed E-state index contributed by atoms with van der Waals surface area (Å²) in [5, 5.41) is 1.94. The fraction of sp³-hybridized carbons (Fsp3) is 0.455. The zero-order valence-electron chi connectivity index (χ0n) is 9.09. The Labute approximate surface area is 81.6 Å². The van der Waals surface area contributed by atoms with E-state index >= 15 is 0 Å². The van der Waals surface area contributed by atoms with Gasteiger partial charge < -0.3 is 0 Å². The fourth-order valence-electron chi connectivity index (χ4n) is 1.13. The molecule has 0 spiro atoms. The summed E-state index contributed by atoms with van der Waals surface area (Å²) in [7, 11) is 0. The van der Waals surface area contributed by atoms with Crippen LogP contribution in [0.4, 0.5) is 0 Å². The molecule has 2 nitrogen and oxygen atoms in total. The molecule has 1 heterocycles. The van der Waals surface area contributed by atoms with Crippen molar-refractivity contribution in [3.8, 4) is 0 Å². The van der Waals surface area contributed by atoms with Crippen LogP contribution in [0.2, 0.25) is 0 Å². The first-order valence-corrected chi connectivity index (χ1v) is 4.77. The van der Waals surface area contributed by atoms with Crippen LogP contribution in [-0.4, -0.2) is 11.6 Å². The van der Waals surface area contributed by atoms with E-state index < -0.39 is 0 Å². The molecule has 0 aromatic rings. The number of hydrogen-bond donors (Lipinski definition) is 1. The van der Waals surface area contributed by atoms with Gasteiger partial charge in [0.25, 0.3) is 0 Å². The molecule has 0 saturated heterocycles. The van der Waals surface area contributed by atoms with Crippen LogP contribution in [0.3, 0.4) is 0 Å². The molecule has 2 heteroatoms. The number of rotatable bonds is 2. The Kier molecular flexibility index (Phi) is 5.98. The second-order valence-electron chi connectivity index (χ2n) is 2.55. The Balaban J connectivity index is 0.000000671. The molecule has 0 bridgehead atoms. The lowest BCUT2D eigenvalue weighted by Crippen LogP contribution is -2.25. The lowest BCUT2D eigenvalue weighted by atomic mass is 10.2. The highest BCUT2D eigenvalue weighted by molar-refractivity contribution is 5.28. The first-order valence-electron chi connectivity index (χ1n) is 4.77. The van der Waals surface area contributed by atoms with E-state index in [1.807, 2.05) is 31.9 Å². The Morgan fingerprint density at radius 1 is 1.46 bits per heavy atom. The maximum atomic E-state index is 3.70. The number of nitrogens with zero attached hydrogens (tertiary/aromatic N) is 1. The van der Waals surface area contributed by atoms with Crippen molar-refractivity contribution in [3.63, 3.8) is 0 Å². The van der Waals surface area contributed by atoms with Crippen molar-refractivity contribution in [3.05, 3.63) is 36.2 Å². The summed E-state index contributed by atoms with van der Waals surface area (Å²) in [6.07, 6.45) is 5.89. The van der Waals surface area contributed by atoms with Crippen molar-refractivity contribution in [2.75, 3.05) is 6.54 Å². The summed E-state index contributed by atoms with van der Waals surface area (Å²) < 4.78 is 0. The van der Waals surface area contributed by atoms with Crippen LogP contribution >= 0.6 is 0 Å². The van der Waals surface area contributed by atoms with Crippen molar-refractivity contribution in [1.82, 2.24) is 10.4 Å². The van der Waals surface area contributed by atoms with Crippen LogP contribution in [0.1, 0.15) is 27.7 Å². The summed E-state index contributed by atoms with van der Waals surface area (Å²) in [5.74, 6) is 0. The molecule has 0 aromatic carbocycles. The Bertz CT molecular complexity index is 214. The van der Waals surface area contributed by atoms with Crippen molar-refractivity contribution in [2.45, 2.75) is 27.7 Å². The van der Waals surface area contributed by atoms with Crippen LogP contribution < -0.4 is 5.43 Å². The minimum absolute atomic E-state index is 0.922. The summed E-state index contributed by atoms with van der Waals surface area (Å²) in [4.78, 5) is 0. The summed E-state index contributed by atoms with van der Waals surface area (Å²) >= 11 is 0. The third-order valence-corrected chi connectivity index (χ3v) is 1.72. The highest BCUT2D eigenvalue weighted by Gasteiger charge is 2.13. The van der Waals surface area contributed by atoms with Crippen LogP contribution in [0, 0.1) is 0 Å². The molecule has 74 valence electrons. The third kappa shape index (κ3) is 3.07. The molecule has 13 heavy (non-hydrogen) atoms. The number of allylic oxidation sites excluding steroid dienone is 2. The van der Waals surface area contributed by atoms with Crippen molar-refractivity contribution in [2.24, 2.45) is 0 Å². The van der Waals surface area contributed by atoms with Crippen LogP contribution in [0.25, 0.3) is 0 Å². The van der Waals surface area contributed by atoms with Gasteiger partial charge >= 0.3 is 0 Å². The lowest BCUT2D eigenvalue weighted by molar-refractivity contribution is 0.399. The quantitative estimate of drug-likeness (QED) is 0.703. The fourth-order valence-corrected chi connectivity index (χ4v) is 1.13. The van der Waals surface area contributed by atoms with E-state index in [2.05, 4.69) is 25.0 Å². The predicted molar refractivity (Wildman–Crippen MR) is 58.9 cm³/mol. The van der Waals surface area contributed by atoms with E-state index in [1.54, 1.807) is 6.20 Å². The highest BCUT2D eigenvalue weighted by Crippen LogP contribution is 2.15. The molecule has 0 aromatic heterocycles. The van der Waals surface area contributed by atoms with E-state index in [-0.39, 0.29) is 0 Å². The van der Waals surface area contributed by atoms with E-state index in [4.69, 9.17) is 0 Å². The zero-order chi connectivity index (χ0) is 10.3. The second kappa shape index (κ2) is 6.49. The molecule has 0 unspecified atom stereocenters. The van der Waals surface area contributed by atoms with E-state index in [1.165, 1.54) is 11.3 Å². The average molecular weight is 180 g/mol. The molecular weight excluding hydrogens is 160 g/mol. The molecule has 0 saturated carbocycles. The molecule has 1 rings (SSSR count). The molecule has 0 amide bonds. The van der Waals surface area contributed by atoms with Gasteiger partial charge in [0, 0.05) is 12.7 Å². The second-order valence-corrected chi connectivity index (χ2v) is 2.55.